The molecule has 0 bridgehead atoms. The van der Waals surface area contributed by atoms with Crippen LogP contribution in [0.5, 0.6) is 0 Å². The minimum absolute atomic E-state index is 0.124. The summed E-state index contributed by atoms with van der Waals surface area (Å²) in [5.41, 5.74) is 3.36. The first-order chi connectivity index (χ1) is 12.1. The maximum Gasteiger partial charge on any atom is 0.306 e. The summed E-state index contributed by atoms with van der Waals surface area (Å²) in [4.78, 5) is 23.7. The lowest BCUT2D eigenvalue weighted by molar-refractivity contribution is -0.148. The van der Waals surface area contributed by atoms with E-state index in [1.807, 2.05) is 49.4 Å². The lowest BCUT2D eigenvalue weighted by Crippen LogP contribution is -2.31. The van der Waals surface area contributed by atoms with Gasteiger partial charge in [0.05, 0.1) is 6.04 Å². The number of aryl methyl sites for hydroxylation is 2. The molecule has 0 heterocycles. The molecule has 4 nitrogen and oxygen atoms in total. The average molecular weight is 339 g/mol. The number of benzene rings is 2. The molecule has 0 aliphatic rings. The fourth-order valence-corrected chi connectivity index (χ4v) is 2.52. The molecular weight excluding hydrogens is 314 g/mol. The summed E-state index contributed by atoms with van der Waals surface area (Å²) < 4.78 is 5.05. The molecule has 1 atom stereocenters. The third-order valence-corrected chi connectivity index (χ3v) is 4.09. The molecule has 2 aromatic rings. The zero-order chi connectivity index (χ0) is 18.1. The van der Waals surface area contributed by atoms with Crippen molar-refractivity contribution in [2.24, 2.45) is 0 Å². The lowest BCUT2D eigenvalue weighted by atomic mass is 10.1. The smallest absolute Gasteiger partial charge is 0.306 e. The Kier molecular flexibility index (Phi) is 7.20. The van der Waals surface area contributed by atoms with Crippen LogP contribution in [0.1, 0.15) is 43.0 Å². The van der Waals surface area contributed by atoms with Crippen LogP contribution in [0.15, 0.2) is 54.6 Å². The van der Waals surface area contributed by atoms with Gasteiger partial charge in [-0.25, -0.2) is 0 Å². The summed E-state index contributed by atoms with van der Waals surface area (Å²) in [6, 6.07) is 17.7. The van der Waals surface area contributed by atoms with Crippen LogP contribution in [0.4, 0.5) is 0 Å². The highest BCUT2D eigenvalue weighted by Gasteiger charge is 2.12. The fraction of sp³-hybridized carbons (Fsp3) is 0.333. The van der Waals surface area contributed by atoms with Crippen LogP contribution in [0.25, 0.3) is 0 Å². The molecule has 4 heteroatoms. The van der Waals surface area contributed by atoms with Crippen molar-refractivity contribution in [3.05, 3.63) is 71.3 Å². The van der Waals surface area contributed by atoms with Gasteiger partial charge in [-0.2, -0.15) is 0 Å². The van der Waals surface area contributed by atoms with Crippen molar-refractivity contribution in [1.82, 2.24) is 5.32 Å². The molecule has 2 aromatic carbocycles. The predicted molar refractivity (Wildman–Crippen MR) is 98.1 cm³/mol. The summed E-state index contributed by atoms with van der Waals surface area (Å²) in [5, 5.41) is 2.85. The summed E-state index contributed by atoms with van der Waals surface area (Å²) in [6.07, 6.45) is 1.87. The highest BCUT2D eigenvalue weighted by atomic mass is 16.5. The van der Waals surface area contributed by atoms with E-state index in [0.717, 1.165) is 17.5 Å². The van der Waals surface area contributed by atoms with Crippen LogP contribution in [0.2, 0.25) is 0 Å². The molecule has 0 aliphatic heterocycles. The molecule has 132 valence electrons. The molecule has 0 fully saturated rings. The van der Waals surface area contributed by atoms with E-state index in [9.17, 15) is 9.59 Å². The zero-order valence-electron chi connectivity index (χ0n) is 14.8. The Bertz CT molecular complexity index is 680. The maximum atomic E-state index is 11.9. The van der Waals surface area contributed by atoms with E-state index in [-0.39, 0.29) is 30.9 Å². The predicted octanol–water partition coefficient (Wildman–Crippen LogP) is 3.60. The van der Waals surface area contributed by atoms with Crippen LogP contribution < -0.4 is 5.32 Å². The van der Waals surface area contributed by atoms with Crippen molar-refractivity contribution in [2.45, 2.75) is 39.2 Å². The van der Waals surface area contributed by atoms with Crippen LogP contribution in [-0.2, 0) is 27.2 Å². The van der Waals surface area contributed by atoms with Crippen molar-refractivity contribution in [1.29, 1.82) is 0 Å². The van der Waals surface area contributed by atoms with E-state index in [4.69, 9.17) is 4.74 Å². The maximum absolute atomic E-state index is 11.9. The number of nitrogens with one attached hydrogen (secondary N) is 1. The van der Waals surface area contributed by atoms with Gasteiger partial charge in [-0.05, 0) is 36.5 Å². The fourth-order valence-electron chi connectivity index (χ4n) is 2.52. The van der Waals surface area contributed by atoms with E-state index in [2.05, 4.69) is 24.4 Å². The van der Waals surface area contributed by atoms with Gasteiger partial charge in [-0.15, -0.1) is 0 Å². The van der Waals surface area contributed by atoms with E-state index >= 15 is 0 Å². The molecule has 0 unspecified atom stereocenters. The Hall–Kier alpha value is -2.62. The molecule has 0 spiro atoms. The van der Waals surface area contributed by atoms with Gasteiger partial charge in [0.1, 0.15) is 0 Å². The molecule has 0 saturated heterocycles. The number of carbonyl (C=O) groups excluding carboxylic acids is 2. The number of esters is 1. The molecule has 1 N–H and O–H groups in total. The third-order valence-electron chi connectivity index (χ3n) is 4.09. The highest BCUT2D eigenvalue weighted by Crippen LogP contribution is 2.13. The van der Waals surface area contributed by atoms with Gasteiger partial charge in [0.2, 0.25) is 0 Å². The Balaban J connectivity index is 1.71. The minimum atomic E-state index is -0.362. The topological polar surface area (TPSA) is 55.4 Å². The van der Waals surface area contributed by atoms with Gasteiger partial charge in [0, 0.05) is 6.42 Å². The van der Waals surface area contributed by atoms with Crippen molar-refractivity contribution >= 4 is 11.9 Å². The Morgan fingerprint density at radius 1 is 1.00 bits per heavy atom. The number of ether oxygens (including phenoxy) is 1. The molecule has 0 radical (unpaired) electrons. The molecule has 0 aliphatic carbocycles. The Labute approximate surface area is 149 Å². The molecule has 0 saturated carbocycles. The molecule has 0 aromatic heterocycles. The van der Waals surface area contributed by atoms with Crippen LogP contribution >= 0.6 is 0 Å². The second kappa shape index (κ2) is 9.62. The van der Waals surface area contributed by atoms with Gasteiger partial charge in [0.25, 0.3) is 5.91 Å². The average Bonchev–Trinajstić information content (AvgIpc) is 2.65. The van der Waals surface area contributed by atoms with Crippen molar-refractivity contribution in [3.63, 3.8) is 0 Å². The van der Waals surface area contributed by atoms with E-state index in [1.165, 1.54) is 5.56 Å². The SMILES string of the molecule is CCc1ccc([C@H](C)NC(=O)COC(=O)CCc2ccccc2)cc1. The van der Waals surface area contributed by atoms with Crippen LogP contribution in [0, 0.1) is 0 Å². The molecular formula is C21H25NO3. The van der Waals surface area contributed by atoms with Crippen LogP contribution in [-0.4, -0.2) is 18.5 Å². The molecule has 2 rings (SSSR count). The van der Waals surface area contributed by atoms with Gasteiger partial charge in [0.15, 0.2) is 6.61 Å². The van der Waals surface area contributed by atoms with Crippen molar-refractivity contribution in [3.8, 4) is 0 Å². The van der Waals surface area contributed by atoms with Crippen molar-refractivity contribution in [2.75, 3.05) is 6.61 Å². The number of hydrogen-bond acceptors (Lipinski definition) is 3. The second-order valence-corrected chi connectivity index (χ2v) is 6.03. The number of carbonyl (C=O) groups is 2. The van der Waals surface area contributed by atoms with Gasteiger partial charge < -0.3 is 10.1 Å². The monoisotopic (exact) mass is 339 g/mol. The van der Waals surface area contributed by atoms with Crippen LogP contribution in [0.3, 0.4) is 0 Å². The molecule has 1 amide bonds. The summed E-state index contributed by atoms with van der Waals surface area (Å²) >= 11 is 0. The summed E-state index contributed by atoms with van der Waals surface area (Å²) in [5.74, 6) is -0.654. The standard InChI is InChI=1S/C21H25NO3/c1-3-17-9-12-19(13-10-17)16(2)22-20(23)15-25-21(24)14-11-18-7-5-4-6-8-18/h4-10,12-13,16H,3,11,14-15H2,1-2H3,(H,22,23)/t16-/m0/s1. The lowest BCUT2D eigenvalue weighted by Gasteiger charge is -2.15. The third kappa shape index (κ3) is 6.42. The zero-order valence-corrected chi connectivity index (χ0v) is 14.8. The minimum Gasteiger partial charge on any atom is -0.456 e. The van der Waals surface area contributed by atoms with Gasteiger partial charge in [-0.3, -0.25) is 9.59 Å². The number of rotatable bonds is 8. The first-order valence-corrected chi connectivity index (χ1v) is 8.66. The largest absolute Gasteiger partial charge is 0.456 e. The normalized spacial score (nSPS) is 11.6. The van der Waals surface area contributed by atoms with E-state index in [0.29, 0.717) is 6.42 Å². The summed E-state index contributed by atoms with van der Waals surface area (Å²) in [6.45, 7) is 3.77. The number of amides is 1. The summed E-state index contributed by atoms with van der Waals surface area (Å²) in [7, 11) is 0. The Morgan fingerprint density at radius 2 is 1.68 bits per heavy atom. The number of hydrogen-bond donors (Lipinski definition) is 1. The Morgan fingerprint density at radius 3 is 2.32 bits per heavy atom. The molecule has 25 heavy (non-hydrogen) atoms. The first-order valence-electron chi connectivity index (χ1n) is 8.66. The first kappa shape index (κ1) is 18.7. The second-order valence-electron chi connectivity index (χ2n) is 6.03. The van der Waals surface area contributed by atoms with E-state index in [1.54, 1.807) is 0 Å². The van der Waals surface area contributed by atoms with E-state index < -0.39 is 0 Å². The van der Waals surface area contributed by atoms with Gasteiger partial charge >= 0.3 is 5.97 Å². The van der Waals surface area contributed by atoms with Gasteiger partial charge in [-0.1, -0.05) is 61.5 Å². The quantitative estimate of drug-likeness (QED) is 0.748. The highest BCUT2D eigenvalue weighted by molar-refractivity contribution is 5.80. The van der Waals surface area contributed by atoms with Crippen molar-refractivity contribution < 1.29 is 14.3 Å².